The Morgan fingerprint density at radius 1 is 1.36 bits per heavy atom. The summed E-state index contributed by atoms with van der Waals surface area (Å²) in [5.74, 6) is -1.24. The molecule has 0 aliphatic rings. The molecule has 1 atom stereocenters. The molecule has 22 heavy (non-hydrogen) atoms. The number of aliphatic carboxylic acids is 1. The van der Waals surface area contributed by atoms with Gasteiger partial charge in [0.15, 0.2) is 0 Å². The number of phenolic OH excluding ortho intramolecular Hbond substituents is 1. The molecule has 1 aromatic carbocycles. The van der Waals surface area contributed by atoms with Gasteiger partial charge in [0, 0.05) is 6.42 Å². The number of carbonyl (C=O) groups is 2. The van der Waals surface area contributed by atoms with Crippen LogP contribution in [-0.4, -0.2) is 33.9 Å². The fourth-order valence-electron chi connectivity index (χ4n) is 1.74. The minimum Gasteiger partial charge on any atom is -0.506 e. The normalized spacial score (nSPS) is 12.6. The summed E-state index contributed by atoms with van der Waals surface area (Å²) < 4.78 is 5.55. The summed E-state index contributed by atoms with van der Waals surface area (Å²) in [4.78, 5) is 23.0. The van der Waals surface area contributed by atoms with E-state index in [1.807, 2.05) is 0 Å². The maximum Gasteiger partial charge on any atom is 0.408 e. The Bertz CT molecular complexity index is 580. The molecule has 1 aromatic rings. The summed E-state index contributed by atoms with van der Waals surface area (Å²) in [6, 6.07) is 2.18. The average molecular weight is 374 g/mol. The molecule has 0 saturated heterocycles. The maximum absolute atomic E-state index is 11.7. The van der Waals surface area contributed by atoms with E-state index in [1.165, 1.54) is 0 Å². The van der Waals surface area contributed by atoms with E-state index in [0.717, 1.165) is 5.56 Å². The smallest absolute Gasteiger partial charge is 0.408 e. The van der Waals surface area contributed by atoms with E-state index in [0.29, 0.717) is 10.0 Å². The van der Waals surface area contributed by atoms with Crippen LogP contribution in [0.15, 0.2) is 16.6 Å². The van der Waals surface area contributed by atoms with E-state index in [2.05, 4.69) is 21.2 Å². The minimum atomic E-state index is -1.21. The Hall–Kier alpha value is -1.76. The molecule has 0 aromatic heterocycles. The van der Waals surface area contributed by atoms with Gasteiger partial charge in [0.1, 0.15) is 17.4 Å². The molecule has 0 heterocycles. The number of rotatable bonds is 4. The van der Waals surface area contributed by atoms with Crippen molar-refractivity contribution in [3.63, 3.8) is 0 Å². The molecular formula is C15H20BrNO5. The number of carboxylic acids is 1. The SMILES string of the molecule is Cc1ccc(C[C@H](NC(=O)OC(C)(C)C)C(=O)O)c(O)c1Br. The number of aromatic hydroxyl groups is 1. The highest BCUT2D eigenvalue weighted by Gasteiger charge is 2.25. The summed E-state index contributed by atoms with van der Waals surface area (Å²) in [5, 5.41) is 21.6. The van der Waals surface area contributed by atoms with Gasteiger partial charge in [-0.1, -0.05) is 12.1 Å². The Morgan fingerprint density at radius 3 is 2.45 bits per heavy atom. The monoisotopic (exact) mass is 373 g/mol. The van der Waals surface area contributed by atoms with Gasteiger partial charge in [-0.05, 0) is 54.8 Å². The fourth-order valence-corrected chi connectivity index (χ4v) is 2.13. The van der Waals surface area contributed by atoms with Crippen LogP contribution >= 0.6 is 15.9 Å². The zero-order chi connectivity index (χ0) is 17.1. The van der Waals surface area contributed by atoms with Crippen LogP contribution in [0.2, 0.25) is 0 Å². The number of amides is 1. The predicted molar refractivity (Wildman–Crippen MR) is 85.0 cm³/mol. The third kappa shape index (κ3) is 5.22. The lowest BCUT2D eigenvalue weighted by molar-refractivity contribution is -0.139. The molecule has 6 nitrogen and oxygen atoms in total. The highest BCUT2D eigenvalue weighted by molar-refractivity contribution is 9.10. The lowest BCUT2D eigenvalue weighted by atomic mass is 10.0. The molecule has 0 fully saturated rings. The van der Waals surface area contributed by atoms with Crippen molar-refractivity contribution < 1.29 is 24.5 Å². The van der Waals surface area contributed by atoms with Crippen LogP contribution in [0, 0.1) is 6.92 Å². The van der Waals surface area contributed by atoms with Gasteiger partial charge in [0.25, 0.3) is 0 Å². The van der Waals surface area contributed by atoms with Crippen LogP contribution in [0.3, 0.4) is 0 Å². The van der Waals surface area contributed by atoms with Crippen molar-refractivity contribution in [2.75, 3.05) is 0 Å². The molecule has 1 rings (SSSR count). The second-order valence-corrected chi connectivity index (χ2v) is 6.74. The number of aryl methyl sites for hydroxylation is 1. The zero-order valence-electron chi connectivity index (χ0n) is 12.9. The number of benzene rings is 1. The Labute approximate surface area is 137 Å². The van der Waals surface area contributed by atoms with Crippen molar-refractivity contribution in [1.82, 2.24) is 5.32 Å². The van der Waals surface area contributed by atoms with Gasteiger partial charge < -0.3 is 20.3 Å². The lowest BCUT2D eigenvalue weighted by Gasteiger charge is -2.22. The Balaban J connectivity index is 2.88. The van der Waals surface area contributed by atoms with Crippen molar-refractivity contribution in [2.24, 2.45) is 0 Å². The number of carboxylic acid groups (broad SMARTS) is 1. The third-order valence-electron chi connectivity index (χ3n) is 2.81. The topological polar surface area (TPSA) is 95.9 Å². The molecule has 0 radical (unpaired) electrons. The first-order chi connectivity index (χ1) is 10.0. The standard InChI is InChI=1S/C15H20BrNO5/c1-8-5-6-9(12(18)11(8)16)7-10(13(19)20)17-14(21)22-15(2,3)4/h5-6,10,18H,7H2,1-4H3,(H,17,21)(H,19,20)/t10-/m0/s1. The Kier molecular flexibility index (Phi) is 5.82. The summed E-state index contributed by atoms with van der Waals surface area (Å²) in [5.41, 5.74) is 0.525. The molecule has 3 N–H and O–H groups in total. The molecule has 0 bridgehead atoms. The lowest BCUT2D eigenvalue weighted by Crippen LogP contribution is -2.44. The molecule has 0 aliphatic heterocycles. The van der Waals surface area contributed by atoms with E-state index in [1.54, 1.807) is 39.8 Å². The van der Waals surface area contributed by atoms with Crippen LogP contribution < -0.4 is 5.32 Å². The summed E-state index contributed by atoms with van der Waals surface area (Å²) in [7, 11) is 0. The van der Waals surface area contributed by atoms with Crippen molar-refractivity contribution in [2.45, 2.75) is 45.8 Å². The van der Waals surface area contributed by atoms with Gasteiger partial charge in [-0.15, -0.1) is 0 Å². The average Bonchev–Trinajstić information content (AvgIpc) is 2.36. The van der Waals surface area contributed by atoms with Gasteiger partial charge >= 0.3 is 12.1 Å². The van der Waals surface area contributed by atoms with Gasteiger partial charge in [-0.2, -0.15) is 0 Å². The fraction of sp³-hybridized carbons (Fsp3) is 0.467. The van der Waals surface area contributed by atoms with E-state index in [4.69, 9.17) is 4.74 Å². The third-order valence-corrected chi connectivity index (χ3v) is 3.81. The van der Waals surface area contributed by atoms with Crippen LogP contribution in [0.1, 0.15) is 31.9 Å². The number of hydrogen-bond acceptors (Lipinski definition) is 4. The number of ether oxygens (including phenoxy) is 1. The van der Waals surface area contributed by atoms with Crippen molar-refractivity contribution in [3.05, 3.63) is 27.7 Å². The number of alkyl carbamates (subject to hydrolysis) is 1. The van der Waals surface area contributed by atoms with Gasteiger partial charge in [-0.3, -0.25) is 0 Å². The molecular weight excluding hydrogens is 354 g/mol. The van der Waals surface area contributed by atoms with Crippen LogP contribution in [0.5, 0.6) is 5.75 Å². The summed E-state index contributed by atoms with van der Waals surface area (Å²) in [6.07, 6.45) is -0.871. The molecule has 0 saturated carbocycles. The highest BCUT2D eigenvalue weighted by Crippen LogP contribution is 2.31. The quantitative estimate of drug-likeness (QED) is 0.753. The predicted octanol–water partition coefficient (Wildman–Crippen LogP) is 2.98. The maximum atomic E-state index is 11.7. The van der Waals surface area contributed by atoms with Crippen LogP contribution in [0.25, 0.3) is 0 Å². The molecule has 7 heteroatoms. The van der Waals surface area contributed by atoms with Crippen LogP contribution in [-0.2, 0) is 16.0 Å². The van der Waals surface area contributed by atoms with Gasteiger partial charge in [0.05, 0.1) is 4.47 Å². The molecule has 122 valence electrons. The number of carbonyl (C=O) groups excluding carboxylic acids is 1. The molecule has 0 aliphatic carbocycles. The molecule has 0 spiro atoms. The van der Waals surface area contributed by atoms with E-state index >= 15 is 0 Å². The molecule has 1 amide bonds. The molecule has 0 unspecified atom stereocenters. The number of hydrogen-bond donors (Lipinski definition) is 3. The van der Waals surface area contributed by atoms with E-state index < -0.39 is 23.7 Å². The zero-order valence-corrected chi connectivity index (χ0v) is 14.5. The highest BCUT2D eigenvalue weighted by atomic mass is 79.9. The van der Waals surface area contributed by atoms with Crippen molar-refractivity contribution >= 4 is 28.0 Å². The largest absolute Gasteiger partial charge is 0.506 e. The second-order valence-electron chi connectivity index (χ2n) is 5.95. The summed E-state index contributed by atoms with van der Waals surface area (Å²) >= 11 is 3.24. The number of nitrogens with one attached hydrogen (secondary N) is 1. The first kappa shape index (κ1) is 18.3. The number of halogens is 1. The first-order valence-corrected chi connectivity index (χ1v) is 7.50. The van der Waals surface area contributed by atoms with Crippen molar-refractivity contribution in [1.29, 1.82) is 0 Å². The summed E-state index contributed by atoms with van der Waals surface area (Å²) in [6.45, 7) is 6.86. The Morgan fingerprint density at radius 2 is 1.95 bits per heavy atom. The van der Waals surface area contributed by atoms with Gasteiger partial charge in [0.2, 0.25) is 0 Å². The second kappa shape index (κ2) is 7.00. The van der Waals surface area contributed by atoms with Crippen molar-refractivity contribution in [3.8, 4) is 5.75 Å². The number of phenols is 1. The van der Waals surface area contributed by atoms with Gasteiger partial charge in [-0.25, -0.2) is 9.59 Å². The minimum absolute atomic E-state index is 0.0303. The first-order valence-electron chi connectivity index (χ1n) is 6.70. The van der Waals surface area contributed by atoms with E-state index in [9.17, 15) is 19.8 Å². The van der Waals surface area contributed by atoms with E-state index in [-0.39, 0.29) is 12.2 Å². The van der Waals surface area contributed by atoms with Crippen LogP contribution in [0.4, 0.5) is 4.79 Å².